The predicted octanol–water partition coefficient (Wildman–Crippen LogP) is 3.11. The second-order valence-electron chi connectivity index (χ2n) is 8.36. The van der Waals surface area contributed by atoms with Gasteiger partial charge in [-0.1, -0.05) is 12.1 Å². The van der Waals surface area contributed by atoms with E-state index >= 15 is 0 Å². The molecule has 30 heavy (non-hydrogen) atoms. The Morgan fingerprint density at radius 1 is 1.27 bits per heavy atom. The molecule has 2 heterocycles. The molecule has 0 saturated carbocycles. The Morgan fingerprint density at radius 2 is 2.00 bits per heavy atom. The summed E-state index contributed by atoms with van der Waals surface area (Å²) in [5.74, 6) is 0.710. The average molecular weight is 413 g/mol. The van der Waals surface area contributed by atoms with Crippen molar-refractivity contribution in [2.75, 3.05) is 19.7 Å². The minimum Gasteiger partial charge on any atom is -0.492 e. The molecule has 162 valence electrons. The van der Waals surface area contributed by atoms with Crippen LogP contribution in [0.15, 0.2) is 24.3 Å². The Labute approximate surface area is 178 Å². The number of nitrogens with zero attached hydrogens (tertiary/aromatic N) is 3. The first-order valence-corrected chi connectivity index (χ1v) is 10.6. The third-order valence-corrected chi connectivity index (χ3v) is 5.56. The van der Waals surface area contributed by atoms with Gasteiger partial charge in [0, 0.05) is 37.8 Å². The molecule has 0 radical (unpaired) electrons. The van der Waals surface area contributed by atoms with Crippen LogP contribution in [0.4, 0.5) is 0 Å². The summed E-state index contributed by atoms with van der Waals surface area (Å²) in [6, 6.07) is 7.36. The van der Waals surface area contributed by atoms with E-state index in [-0.39, 0.29) is 23.8 Å². The number of carbonyl (C=O) groups is 2. The molecule has 1 N–H and O–H groups in total. The summed E-state index contributed by atoms with van der Waals surface area (Å²) in [6.07, 6.45) is 1.93. The molecule has 1 aliphatic rings. The van der Waals surface area contributed by atoms with Gasteiger partial charge in [-0.3, -0.25) is 14.3 Å². The van der Waals surface area contributed by atoms with Gasteiger partial charge in [0.1, 0.15) is 5.75 Å². The number of nitrogens with one attached hydrogen (secondary N) is 1. The van der Waals surface area contributed by atoms with Crippen LogP contribution in [-0.2, 0) is 7.05 Å². The number of piperidine rings is 1. The molecule has 7 nitrogen and oxygen atoms in total. The highest BCUT2D eigenvalue weighted by Crippen LogP contribution is 2.24. The van der Waals surface area contributed by atoms with E-state index in [4.69, 9.17) is 4.74 Å². The van der Waals surface area contributed by atoms with Crippen molar-refractivity contribution in [2.45, 2.75) is 46.6 Å². The lowest BCUT2D eigenvalue weighted by Crippen LogP contribution is -2.42. The summed E-state index contributed by atoms with van der Waals surface area (Å²) in [7, 11) is 1.86. The fourth-order valence-electron chi connectivity index (χ4n) is 3.95. The maximum Gasteiger partial charge on any atom is 0.257 e. The lowest BCUT2D eigenvalue weighted by molar-refractivity contribution is 0.0631. The van der Waals surface area contributed by atoms with Crippen LogP contribution >= 0.6 is 0 Å². The maximum atomic E-state index is 13.1. The quantitative estimate of drug-likeness (QED) is 0.791. The highest BCUT2D eigenvalue weighted by molar-refractivity contribution is 5.97. The Hall–Kier alpha value is -2.83. The number of carbonyl (C=O) groups excluding carboxylic acids is 2. The van der Waals surface area contributed by atoms with Crippen LogP contribution in [0.3, 0.4) is 0 Å². The van der Waals surface area contributed by atoms with Gasteiger partial charge < -0.3 is 15.0 Å². The second kappa shape index (κ2) is 9.32. The van der Waals surface area contributed by atoms with Gasteiger partial charge in [-0.05, 0) is 52.7 Å². The first-order chi connectivity index (χ1) is 14.3. The Balaban J connectivity index is 1.65. The first kappa shape index (κ1) is 21.9. The Kier molecular flexibility index (Phi) is 6.80. The topological polar surface area (TPSA) is 76.5 Å². The van der Waals surface area contributed by atoms with Crippen LogP contribution in [0.25, 0.3) is 0 Å². The van der Waals surface area contributed by atoms with Crippen LogP contribution in [-0.4, -0.2) is 52.2 Å². The zero-order valence-electron chi connectivity index (χ0n) is 18.6. The van der Waals surface area contributed by atoms with E-state index in [0.29, 0.717) is 30.0 Å². The molecular weight excluding hydrogens is 380 g/mol. The van der Waals surface area contributed by atoms with E-state index in [2.05, 4.69) is 10.4 Å². The molecule has 2 amide bonds. The zero-order chi connectivity index (χ0) is 21.8. The van der Waals surface area contributed by atoms with Crippen LogP contribution in [0.1, 0.15) is 58.8 Å². The molecular formula is C23H32N4O3. The van der Waals surface area contributed by atoms with Crippen molar-refractivity contribution >= 4 is 11.8 Å². The summed E-state index contributed by atoms with van der Waals surface area (Å²) in [5.41, 5.74) is 2.90. The zero-order valence-corrected chi connectivity index (χ0v) is 18.6. The van der Waals surface area contributed by atoms with Gasteiger partial charge in [-0.15, -0.1) is 0 Å². The monoisotopic (exact) mass is 412 g/mol. The SMILES string of the molecule is Cc1nn(C)c(C)c1C(=O)N1CCCC(COc2ccccc2C(=O)NC(C)C)C1. The van der Waals surface area contributed by atoms with Crippen molar-refractivity contribution in [1.82, 2.24) is 20.0 Å². The van der Waals surface area contributed by atoms with Gasteiger partial charge >= 0.3 is 0 Å². The number of para-hydroxylation sites is 1. The Bertz CT molecular complexity index is 919. The van der Waals surface area contributed by atoms with Crippen molar-refractivity contribution < 1.29 is 14.3 Å². The van der Waals surface area contributed by atoms with Crippen LogP contribution in [0, 0.1) is 19.8 Å². The lowest BCUT2D eigenvalue weighted by Gasteiger charge is -2.33. The highest BCUT2D eigenvalue weighted by atomic mass is 16.5. The minimum atomic E-state index is -0.136. The van der Waals surface area contributed by atoms with Crippen molar-refractivity contribution in [3.63, 3.8) is 0 Å². The fraction of sp³-hybridized carbons (Fsp3) is 0.522. The lowest BCUT2D eigenvalue weighted by atomic mass is 9.98. The normalized spacial score (nSPS) is 16.6. The van der Waals surface area contributed by atoms with Gasteiger partial charge in [-0.25, -0.2) is 0 Å². The smallest absolute Gasteiger partial charge is 0.257 e. The molecule has 3 rings (SSSR count). The number of likely N-dealkylation sites (tertiary alicyclic amines) is 1. The molecule has 1 aromatic carbocycles. The number of ether oxygens (including phenoxy) is 1. The Morgan fingerprint density at radius 3 is 2.67 bits per heavy atom. The summed E-state index contributed by atoms with van der Waals surface area (Å²) < 4.78 is 7.81. The number of hydrogen-bond acceptors (Lipinski definition) is 4. The summed E-state index contributed by atoms with van der Waals surface area (Å²) in [6.45, 7) is 9.53. The number of aryl methyl sites for hydroxylation is 2. The van der Waals surface area contributed by atoms with Crippen LogP contribution in [0.5, 0.6) is 5.75 Å². The number of benzene rings is 1. The van der Waals surface area contributed by atoms with Gasteiger partial charge in [0.05, 0.1) is 23.4 Å². The highest BCUT2D eigenvalue weighted by Gasteiger charge is 2.28. The molecule has 1 fully saturated rings. The number of hydrogen-bond donors (Lipinski definition) is 1. The molecule has 2 aromatic rings. The van der Waals surface area contributed by atoms with E-state index in [1.54, 1.807) is 10.7 Å². The first-order valence-electron chi connectivity index (χ1n) is 10.6. The third kappa shape index (κ3) is 4.83. The number of rotatable bonds is 6. The van der Waals surface area contributed by atoms with Gasteiger partial charge in [0.15, 0.2) is 0 Å². The molecule has 1 atom stereocenters. The van der Waals surface area contributed by atoms with E-state index in [1.165, 1.54) is 0 Å². The summed E-state index contributed by atoms with van der Waals surface area (Å²) >= 11 is 0. The van der Waals surface area contributed by atoms with Gasteiger partial charge in [-0.2, -0.15) is 5.10 Å². The average Bonchev–Trinajstić information content (AvgIpc) is 2.97. The summed E-state index contributed by atoms with van der Waals surface area (Å²) in [5, 5.41) is 7.29. The molecule has 1 saturated heterocycles. The molecule has 7 heteroatoms. The standard InChI is InChI=1S/C23H32N4O3/c1-15(2)24-22(28)19-10-6-7-11-20(19)30-14-18-9-8-12-27(13-18)23(29)21-16(3)25-26(5)17(21)4/h6-7,10-11,15,18H,8-9,12-14H2,1-5H3,(H,24,28). The minimum absolute atomic E-state index is 0.0412. The molecule has 1 unspecified atom stereocenters. The summed E-state index contributed by atoms with van der Waals surface area (Å²) in [4.78, 5) is 27.4. The van der Waals surface area contributed by atoms with E-state index in [1.807, 2.05) is 57.8 Å². The van der Waals surface area contributed by atoms with Gasteiger partial charge in [0.2, 0.25) is 0 Å². The number of amides is 2. The molecule has 1 aliphatic heterocycles. The second-order valence-corrected chi connectivity index (χ2v) is 8.36. The molecule has 0 aliphatic carbocycles. The molecule has 1 aromatic heterocycles. The van der Waals surface area contributed by atoms with Crippen molar-refractivity contribution in [3.05, 3.63) is 46.8 Å². The van der Waals surface area contributed by atoms with Crippen molar-refractivity contribution in [1.29, 1.82) is 0 Å². The van der Waals surface area contributed by atoms with Gasteiger partial charge in [0.25, 0.3) is 11.8 Å². The van der Waals surface area contributed by atoms with Crippen LogP contribution < -0.4 is 10.1 Å². The largest absolute Gasteiger partial charge is 0.492 e. The predicted molar refractivity (Wildman–Crippen MR) is 116 cm³/mol. The van der Waals surface area contributed by atoms with Crippen molar-refractivity contribution in [3.8, 4) is 5.75 Å². The van der Waals surface area contributed by atoms with E-state index < -0.39 is 0 Å². The third-order valence-electron chi connectivity index (χ3n) is 5.56. The molecule has 0 spiro atoms. The maximum absolute atomic E-state index is 13.1. The van der Waals surface area contributed by atoms with Crippen molar-refractivity contribution in [2.24, 2.45) is 13.0 Å². The molecule has 0 bridgehead atoms. The van der Waals surface area contributed by atoms with E-state index in [0.717, 1.165) is 30.8 Å². The number of aromatic nitrogens is 2. The van der Waals surface area contributed by atoms with E-state index in [9.17, 15) is 9.59 Å². The fourth-order valence-corrected chi connectivity index (χ4v) is 3.95. The van der Waals surface area contributed by atoms with Crippen LogP contribution in [0.2, 0.25) is 0 Å².